The number of amides is 1. The van der Waals surface area contributed by atoms with Crippen LogP contribution in [-0.4, -0.2) is 30.1 Å². The Kier molecular flexibility index (Phi) is 3.41. The summed E-state index contributed by atoms with van der Waals surface area (Å²) in [6, 6.07) is 0.210. The van der Waals surface area contributed by atoms with Crippen LogP contribution in [0.15, 0.2) is 6.20 Å². The summed E-state index contributed by atoms with van der Waals surface area (Å²) in [6.45, 7) is 0. The molecule has 1 N–H and O–H groups in total. The van der Waals surface area contributed by atoms with E-state index in [2.05, 4.69) is 15.3 Å². The van der Waals surface area contributed by atoms with Crippen molar-refractivity contribution in [2.45, 2.75) is 19.3 Å². The average molecular weight is 237 g/mol. The van der Waals surface area contributed by atoms with Crippen LogP contribution in [-0.2, 0) is 4.79 Å². The van der Waals surface area contributed by atoms with Crippen LogP contribution in [0.2, 0.25) is 0 Å². The van der Waals surface area contributed by atoms with Crippen molar-refractivity contribution in [2.24, 2.45) is 5.92 Å². The van der Waals surface area contributed by atoms with E-state index in [0.29, 0.717) is 23.9 Å². The zero-order chi connectivity index (χ0) is 12.3. The van der Waals surface area contributed by atoms with E-state index < -0.39 is 0 Å². The quantitative estimate of drug-likeness (QED) is 0.833. The molecule has 1 saturated carbocycles. The van der Waals surface area contributed by atoms with Crippen molar-refractivity contribution in [3.8, 4) is 11.9 Å². The summed E-state index contributed by atoms with van der Waals surface area (Å²) in [5, 5.41) is 2.74. The molecule has 0 spiro atoms. The Labute approximate surface area is 99.4 Å². The SMILES string of the molecule is COc1ncc(NC(=O)CC2CC2)c(OC)n1. The molecular weight excluding hydrogens is 222 g/mol. The molecule has 17 heavy (non-hydrogen) atoms. The van der Waals surface area contributed by atoms with Gasteiger partial charge in [-0.1, -0.05) is 0 Å². The van der Waals surface area contributed by atoms with Crippen molar-refractivity contribution in [1.82, 2.24) is 9.97 Å². The van der Waals surface area contributed by atoms with E-state index in [1.54, 1.807) is 0 Å². The highest BCUT2D eigenvalue weighted by atomic mass is 16.5. The van der Waals surface area contributed by atoms with Crippen LogP contribution in [0.3, 0.4) is 0 Å². The monoisotopic (exact) mass is 237 g/mol. The lowest BCUT2D eigenvalue weighted by Gasteiger charge is -2.09. The number of anilines is 1. The first-order valence-electron chi connectivity index (χ1n) is 5.47. The molecule has 0 radical (unpaired) electrons. The number of hydrogen-bond donors (Lipinski definition) is 1. The van der Waals surface area contributed by atoms with Crippen molar-refractivity contribution in [2.75, 3.05) is 19.5 Å². The van der Waals surface area contributed by atoms with E-state index in [0.717, 1.165) is 12.8 Å². The fourth-order valence-electron chi connectivity index (χ4n) is 1.48. The van der Waals surface area contributed by atoms with Gasteiger partial charge in [0.05, 0.1) is 20.4 Å². The van der Waals surface area contributed by atoms with Gasteiger partial charge in [0.15, 0.2) is 0 Å². The van der Waals surface area contributed by atoms with E-state index in [4.69, 9.17) is 9.47 Å². The minimum Gasteiger partial charge on any atom is -0.479 e. The maximum absolute atomic E-state index is 11.6. The van der Waals surface area contributed by atoms with Gasteiger partial charge in [0.1, 0.15) is 5.69 Å². The lowest BCUT2D eigenvalue weighted by Crippen LogP contribution is -2.13. The summed E-state index contributed by atoms with van der Waals surface area (Å²) in [4.78, 5) is 19.5. The number of rotatable bonds is 5. The van der Waals surface area contributed by atoms with Gasteiger partial charge in [-0.25, -0.2) is 4.98 Å². The number of carbonyl (C=O) groups is 1. The smallest absolute Gasteiger partial charge is 0.319 e. The summed E-state index contributed by atoms with van der Waals surface area (Å²) < 4.78 is 9.94. The van der Waals surface area contributed by atoms with E-state index in [1.807, 2.05) is 0 Å². The fraction of sp³-hybridized carbons (Fsp3) is 0.545. The molecular formula is C11H15N3O3. The molecule has 1 aliphatic carbocycles. The molecule has 1 aliphatic rings. The van der Waals surface area contributed by atoms with Crippen molar-refractivity contribution in [3.63, 3.8) is 0 Å². The molecule has 1 heterocycles. The third-order valence-corrected chi connectivity index (χ3v) is 2.55. The second-order valence-electron chi connectivity index (χ2n) is 3.98. The van der Waals surface area contributed by atoms with Crippen molar-refractivity contribution in [3.05, 3.63) is 6.20 Å². The largest absolute Gasteiger partial charge is 0.479 e. The van der Waals surface area contributed by atoms with Gasteiger partial charge in [-0.3, -0.25) is 4.79 Å². The number of ether oxygens (including phenoxy) is 2. The van der Waals surface area contributed by atoms with Crippen LogP contribution >= 0.6 is 0 Å². The Morgan fingerprint density at radius 3 is 2.82 bits per heavy atom. The second-order valence-corrected chi connectivity index (χ2v) is 3.98. The fourth-order valence-corrected chi connectivity index (χ4v) is 1.48. The first-order valence-corrected chi connectivity index (χ1v) is 5.47. The standard InChI is InChI=1S/C11H15N3O3/c1-16-10-8(6-12-11(14-10)17-2)13-9(15)5-7-3-4-7/h6-7H,3-5H2,1-2H3,(H,13,15). The van der Waals surface area contributed by atoms with Crippen LogP contribution in [0.1, 0.15) is 19.3 Å². The Bertz CT molecular complexity index is 418. The zero-order valence-corrected chi connectivity index (χ0v) is 9.90. The van der Waals surface area contributed by atoms with E-state index in [-0.39, 0.29) is 11.9 Å². The molecule has 0 aromatic carbocycles. The third-order valence-electron chi connectivity index (χ3n) is 2.55. The van der Waals surface area contributed by atoms with Gasteiger partial charge in [-0.05, 0) is 18.8 Å². The Balaban J connectivity index is 2.05. The lowest BCUT2D eigenvalue weighted by atomic mass is 10.3. The maximum atomic E-state index is 11.6. The number of nitrogens with zero attached hydrogens (tertiary/aromatic N) is 2. The van der Waals surface area contributed by atoms with Crippen LogP contribution in [0.25, 0.3) is 0 Å². The molecule has 6 heteroatoms. The first kappa shape index (κ1) is 11.6. The van der Waals surface area contributed by atoms with Gasteiger partial charge in [0, 0.05) is 6.42 Å². The number of aromatic nitrogens is 2. The molecule has 1 amide bonds. The molecule has 1 aromatic heterocycles. The van der Waals surface area contributed by atoms with Crippen molar-refractivity contribution >= 4 is 11.6 Å². The maximum Gasteiger partial charge on any atom is 0.319 e. The summed E-state index contributed by atoms with van der Waals surface area (Å²) >= 11 is 0. The normalized spacial score (nSPS) is 14.2. The molecule has 0 bridgehead atoms. The third kappa shape index (κ3) is 3.05. The van der Waals surface area contributed by atoms with Crippen LogP contribution in [0.4, 0.5) is 5.69 Å². The topological polar surface area (TPSA) is 73.3 Å². The zero-order valence-electron chi connectivity index (χ0n) is 9.90. The second kappa shape index (κ2) is 4.99. The molecule has 1 fully saturated rings. The predicted molar refractivity (Wildman–Crippen MR) is 61.1 cm³/mol. The highest BCUT2D eigenvalue weighted by Gasteiger charge is 2.25. The number of methoxy groups -OCH3 is 2. The highest BCUT2D eigenvalue weighted by Crippen LogP contribution is 2.33. The van der Waals surface area contributed by atoms with Gasteiger partial charge >= 0.3 is 6.01 Å². The Hall–Kier alpha value is -1.85. The molecule has 0 unspecified atom stereocenters. The highest BCUT2D eigenvalue weighted by molar-refractivity contribution is 5.92. The van der Waals surface area contributed by atoms with E-state index in [9.17, 15) is 4.79 Å². The van der Waals surface area contributed by atoms with Gasteiger partial charge < -0.3 is 14.8 Å². The average Bonchev–Trinajstić information content (AvgIpc) is 3.13. The summed E-state index contributed by atoms with van der Waals surface area (Å²) in [5.41, 5.74) is 0.471. The molecule has 0 aliphatic heterocycles. The minimum atomic E-state index is -0.0282. The molecule has 0 atom stereocenters. The Morgan fingerprint density at radius 2 is 2.24 bits per heavy atom. The van der Waals surface area contributed by atoms with Crippen LogP contribution in [0.5, 0.6) is 11.9 Å². The van der Waals surface area contributed by atoms with E-state index >= 15 is 0 Å². The minimum absolute atomic E-state index is 0.0282. The van der Waals surface area contributed by atoms with Gasteiger partial charge in [-0.15, -0.1) is 0 Å². The van der Waals surface area contributed by atoms with Gasteiger partial charge in [-0.2, -0.15) is 4.98 Å². The molecule has 0 saturated heterocycles. The lowest BCUT2D eigenvalue weighted by molar-refractivity contribution is -0.116. The van der Waals surface area contributed by atoms with E-state index in [1.165, 1.54) is 20.4 Å². The Morgan fingerprint density at radius 1 is 1.47 bits per heavy atom. The first-order chi connectivity index (χ1) is 8.22. The molecule has 2 rings (SSSR count). The van der Waals surface area contributed by atoms with Gasteiger partial charge in [0.2, 0.25) is 11.8 Å². The predicted octanol–water partition coefficient (Wildman–Crippen LogP) is 1.23. The van der Waals surface area contributed by atoms with Crippen LogP contribution < -0.4 is 14.8 Å². The summed E-state index contributed by atoms with van der Waals surface area (Å²) in [7, 11) is 2.96. The van der Waals surface area contributed by atoms with Gasteiger partial charge in [0.25, 0.3) is 0 Å². The number of hydrogen-bond acceptors (Lipinski definition) is 5. The van der Waals surface area contributed by atoms with Crippen LogP contribution in [0, 0.1) is 5.92 Å². The van der Waals surface area contributed by atoms with Crippen molar-refractivity contribution < 1.29 is 14.3 Å². The number of carbonyl (C=O) groups excluding carboxylic acids is 1. The summed E-state index contributed by atoms with van der Waals surface area (Å²) in [6.07, 6.45) is 4.32. The number of nitrogens with one attached hydrogen (secondary N) is 1. The molecule has 6 nitrogen and oxygen atoms in total. The van der Waals surface area contributed by atoms with Crippen molar-refractivity contribution in [1.29, 1.82) is 0 Å². The molecule has 92 valence electrons. The molecule has 1 aromatic rings. The summed E-state index contributed by atoms with van der Waals surface area (Å²) in [5.74, 6) is 0.820.